The summed E-state index contributed by atoms with van der Waals surface area (Å²) in [5.74, 6) is 2.17. The van der Waals surface area contributed by atoms with Crippen LogP contribution in [0, 0.1) is 5.92 Å². The molecule has 8 nitrogen and oxygen atoms in total. The van der Waals surface area contributed by atoms with Gasteiger partial charge in [0.05, 0.1) is 18.1 Å². The molecular weight excluding hydrogens is 294 g/mol. The first-order valence-corrected chi connectivity index (χ1v) is 8.99. The minimum absolute atomic E-state index is 0.0260. The van der Waals surface area contributed by atoms with Crippen LogP contribution in [0.25, 0.3) is 0 Å². The first kappa shape index (κ1) is 14.3. The maximum Gasteiger partial charge on any atom is 0.315 e. The second kappa shape index (κ2) is 5.63. The van der Waals surface area contributed by atoms with Crippen molar-refractivity contribution < 1.29 is 13.2 Å². The van der Waals surface area contributed by atoms with Crippen LogP contribution in [0.15, 0.2) is 0 Å². The van der Waals surface area contributed by atoms with Gasteiger partial charge in [-0.2, -0.15) is 0 Å². The monoisotopic (exact) mass is 313 g/mol. The summed E-state index contributed by atoms with van der Waals surface area (Å²) < 4.78 is 24.7. The highest BCUT2D eigenvalue weighted by atomic mass is 32.2. The molecule has 2 N–H and O–H groups in total. The standard InChI is InChI=1S/C12H19N5O3S/c18-12(13-6-9-3-5-21(19,20)8-9)14-7-11-16-15-10-2-1-4-17(10)11/h9H,1-8H2,(H2,13,14,18). The Morgan fingerprint density at radius 2 is 2.19 bits per heavy atom. The number of aryl methyl sites for hydroxylation is 1. The van der Waals surface area contributed by atoms with Gasteiger partial charge in [0.25, 0.3) is 0 Å². The molecule has 1 aromatic rings. The van der Waals surface area contributed by atoms with Gasteiger partial charge in [-0.25, -0.2) is 13.2 Å². The van der Waals surface area contributed by atoms with Gasteiger partial charge in [0.2, 0.25) is 0 Å². The Kier molecular flexibility index (Phi) is 3.83. The molecule has 116 valence electrons. The maximum atomic E-state index is 11.7. The van der Waals surface area contributed by atoms with Crippen molar-refractivity contribution in [2.24, 2.45) is 5.92 Å². The van der Waals surface area contributed by atoms with Gasteiger partial charge in [-0.3, -0.25) is 0 Å². The molecule has 9 heteroatoms. The maximum absolute atomic E-state index is 11.7. The van der Waals surface area contributed by atoms with Crippen molar-refractivity contribution in [2.75, 3.05) is 18.1 Å². The van der Waals surface area contributed by atoms with Gasteiger partial charge >= 0.3 is 6.03 Å². The van der Waals surface area contributed by atoms with E-state index in [1.54, 1.807) is 0 Å². The fourth-order valence-corrected chi connectivity index (χ4v) is 4.70. The molecule has 2 aliphatic rings. The molecule has 1 unspecified atom stereocenters. The zero-order valence-electron chi connectivity index (χ0n) is 11.7. The van der Waals surface area contributed by atoms with Crippen LogP contribution in [0.3, 0.4) is 0 Å². The zero-order valence-corrected chi connectivity index (χ0v) is 12.5. The molecule has 2 aliphatic heterocycles. The van der Waals surface area contributed by atoms with E-state index < -0.39 is 9.84 Å². The summed E-state index contributed by atoms with van der Waals surface area (Å²) in [4.78, 5) is 11.7. The molecule has 1 saturated heterocycles. The second-order valence-electron chi connectivity index (χ2n) is 5.62. The Morgan fingerprint density at radius 3 is 2.95 bits per heavy atom. The van der Waals surface area contributed by atoms with E-state index in [4.69, 9.17) is 0 Å². The van der Waals surface area contributed by atoms with Gasteiger partial charge in [-0.1, -0.05) is 0 Å². The molecular formula is C12H19N5O3S. The van der Waals surface area contributed by atoms with Crippen molar-refractivity contribution in [1.29, 1.82) is 0 Å². The average molecular weight is 313 g/mol. The van der Waals surface area contributed by atoms with E-state index in [-0.39, 0.29) is 23.5 Å². The highest BCUT2D eigenvalue weighted by Gasteiger charge is 2.27. The predicted molar refractivity (Wildman–Crippen MR) is 75.3 cm³/mol. The number of nitrogens with zero attached hydrogens (tertiary/aromatic N) is 3. The fourth-order valence-electron chi connectivity index (χ4n) is 2.83. The van der Waals surface area contributed by atoms with Crippen LogP contribution in [0.2, 0.25) is 0 Å². The number of hydrogen-bond donors (Lipinski definition) is 2. The van der Waals surface area contributed by atoms with E-state index in [9.17, 15) is 13.2 Å². The summed E-state index contributed by atoms with van der Waals surface area (Å²) >= 11 is 0. The number of carbonyl (C=O) groups is 1. The van der Waals surface area contributed by atoms with Crippen molar-refractivity contribution >= 4 is 15.9 Å². The number of urea groups is 1. The minimum atomic E-state index is -2.89. The molecule has 0 spiro atoms. The SMILES string of the molecule is O=C(NCc1nnc2n1CCC2)NCC1CCS(=O)(=O)C1. The fraction of sp³-hybridized carbons (Fsp3) is 0.750. The van der Waals surface area contributed by atoms with E-state index in [0.717, 1.165) is 31.0 Å². The van der Waals surface area contributed by atoms with E-state index in [1.165, 1.54) is 0 Å². The number of rotatable bonds is 4. The van der Waals surface area contributed by atoms with Crippen molar-refractivity contribution in [3.8, 4) is 0 Å². The quantitative estimate of drug-likeness (QED) is 0.776. The van der Waals surface area contributed by atoms with E-state index in [1.807, 2.05) is 4.57 Å². The van der Waals surface area contributed by atoms with Crippen molar-refractivity contribution in [3.63, 3.8) is 0 Å². The third-order valence-electron chi connectivity index (χ3n) is 3.97. The first-order valence-electron chi connectivity index (χ1n) is 7.16. The summed E-state index contributed by atoms with van der Waals surface area (Å²) in [6, 6.07) is -0.297. The molecule has 21 heavy (non-hydrogen) atoms. The van der Waals surface area contributed by atoms with Crippen molar-refractivity contribution in [1.82, 2.24) is 25.4 Å². The molecule has 1 atom stereocenters. The largest absolute Gasteiger partial charge is 0.338 e. The van der Waals surface area contributed by atoms with Crippen LogP contribution in [-0.2, 0) is 29.3 Å². The van der Waals surface area contributed by atoms with Crippen LogP contribution in [0.1, 0.15) is 24.5 Å². The third-order valence-corrected chi connectivity index (χ3v) is 5.81. The molecule has 0 radical (unpaired) electrons. The molecule has 0 aliphatic carbocycles. The van der Waals surface area contributed by atoms with E-state index >= 15 is 0 Å². The molecule has 2 amide bonds. The smallest absolute Gasteiger partial charge is 0.315 e. The molecule has 0 saturated carbocycles. The Hall–Kier alpha value is -1.64. The van der Waals surface area contributed by atoms with Crippen LogP contribution >= 0.6 is 0 Å². The first-order chi connectivity index (χ1) is 10.0. The normalized spacial score (nSPS) is 23.0. The zero-order chi connectivity index (χ0) is 14.9. The third kappa shape index (κ3) is 3.34. The summed E-state index contributed by atoms with van der Waals surface area (Å²) in [7, 11) is -2.89. The molecule has 0 aromatic carbocycles. The highest BCUT2D eigenvalue weighted by molar-refractivity contribution is 7.91. The Labute approximate surface area is 123 Å². The average Bonchev–Trinajstić information content (AvgIpc) is 3.10. The highest BCUT2D eigenvalue weighted by Crippen LogP contribution is 2.17. The lowest BCUT2D eigenvalue weighted by Crippen LogP contribution is -2.38. The number of hydrogen-bond acceptors (Lipinski definition) is 5. The van der Waals surface area contributed by atoms with Crippen LogP contribution in [0.5, 0.6) is 0 Å². The molecule has 3 heterocycles. The second-order valence-corrected chi connectivity index (χ2v) is 7.85. The predicted octanol–water partition coefficient (Wildman–Crippen LogP) is -0.542. The van der Waals surface area contributed by atoms with Crippen LogP contribution < -0.4 is 10.6 Å². The molecule has 3 rings (SSSR count). The van der Waals surface area contributed by atoms with Gasteiger partial charge in [-0.15, -0.1) is 10.2 Å². The molecule has 1 aromatic heterocycles. The van der Waals surface area contributed by atoms with Crippen molar-refractivity contribution in [2.45, 2.75) is 32.4 Å². The number of carbonyl (C=O) groups excluding carboxylic acids is 1. The lowest BCUT2D eigenvalue weighted by molar-refractivity contribution is 0.238. The van der Waals surface area contributed by atoms with Gasteiger partial charge in [0, 0.05) is 19.5 Å². The Bertz CT molecular complexity index is 639. The topological polar surface area (TPSA) is 106 Å². The van der Waals surface area contributed by atoms with Gasteiger partial charge < -0.3 is 15.2 Å². The van der Waals surface area contributed by atoms with Crippen molar-refractivity contribution in [3.05, 3.63) is 11.6 Å². The van der Waals surface area contributed by atoms with Crippen LogP contribution in [0.4, 0.5) is 4.79 Å². The summed E-state index contributed by atoms with van der Waals surface area (Å²) in [6.07, 6.45) is 2.63. The Morgan fingerprint density at radius 1 is 1.33 bits per heavy atom. The van der Waals surface area contributed by atoms with Gasteiger partial charge in [0.1, 0.15) is 5.82 Å². The lowest BCUT2D eigenvalue weighted by Gasteiger charge is -2.10. The number of aromatic nitrogens is 3. The number of fused-ring (bicyclic) bond motifs is 1. The van der Waals surface area contributed by atoms with E-state index in [2.05, 4.69) is 20.8 Å². The molecule has 1 fully saturated rings. The number of sulfone groups is 1. The van der Waals surface area contributed by atoms with Gasteiger partial charge in [-0.05, 0) is 18.8 Å². The van der Waals surface area contributed by atoms with E-state index in [0.29, 0.717) is 19.5 Å². The summed E-state index contributed by atoms with van der Waals surface area (Å²) in [5.41, 5.74) is 0. The summed E-state index contributed by atoms with van der Waals surface area (Å²) in [6.45, 7) is 1.63. The Balaban J connectivity index is 1.42. The summed E-state index contributed by atoms with van der Waals surface area (Å²) in [5, 5.41) is 13.6. The molecule has 0 bridgehead atoms. The number of amides is 2. The minimum Gasteiger partial charge on any atom is -0.338 e. The number of nitrogens with one attached hydrogen (secondary N) is 2. The van der Waals surface area contributed by atoms with Crippen LogP contribution in [-0.4, -0.2) is 47.3 Å². The van der Waals surface area contributed by atoms with Gasteiger partial charge in [0.15, 0.2) is 15.7 Å². The lowest BCUT2D eigenvalue weighted by atomic mass is 10.1.